The lowest BCUT2D eigenvalue weighted by Crippen LogP contribution is -2.36. The zero-order chi connectivity index (χ0) is 22.5. The van der Waals surface area contributed by atoms with Crippen LogP contribution in [-0.2, 0) is 21.2 Å². The van der Waals surface area contributed by atoms with E-state index >= 15 is 0 Å². The van der Waals surface area contributed by atoms with E-state index in [0.717, 1.165) is 35.6 Å². The monoisotopic (exact) mass is 452 g/mol. The fourth-order valence-corrected chi connectivity index (χ4v) is 4.04. The molecule has 3 aromatic rings. The standard InChI is InChI=1S/C23H24N4O4S/c1-16-2-3-19(26-23(28)18-5-6-24-20(12-18)15-32(29)30)14-21(16)17-4-7-25-22(13-17)27-8-10-31-11-9-27/h2-7,12-14,32H,8-11,15H2,1H3,(H,26,28). The van der Waals surface area contributed by atoms with Crippen molar-refractivity contribution in [2.45, 2.75) is 12.7 Å². The van der Waals surface area contributed by atoms with Crippen molar-refractivity contribution in [2.24, 2.45) is 0 Å². The molecule has 8 nitrogen and oxygen atoms in total. The van der Waals surface area contributed by atoms with Crippen LogP contribution in [0.5, 0.6) is 0 Å². The smallest absolute Gasteiger partial charge is 0.255 e. The van der Waals surface area contributed by atoms with Gasteiger partial charge in [0.05, 0.1) is 24.7 Å². The summed E-state index contributed by atoms with van der Waals surface area (Å²) < 4.78 is 27.3. The molecular formula is C23H24N4O4S. The summed E-state index contributed by atoms with van der Waals surface area (Å²) in [6.07, 6.45) is 3.23. The molecule has 0 radical (unpaired) electrons. The summed E-state index contributed by atoms with van der Waals surface area (Å²) in [6, 6.07) is 12.8. The summed E-state index contributed by atoms with van der Waals surface area (Å²) in [5, 5.41) is 2.89. The average molecular weight is 453 g/mol. The lowest BCUT2D eigenvalue weighted by Gasteiger charge is -2.28. The molecule has 1 saturated heterocycles. The SMILES string of the molecule is Cc1ccc(NC(=O)c2ccnc(C[SH](=O)=O)c2)cc1-c1ccnc(N2CCOCC2)c1. The third-order valence-corrected chi connectivity index (χ3v) is 5.84. The Morgan fingerprint density at radius 2 is 1.84 bits per heavy atom. The van der Waals surface area contributed by atoms with Crippen LogP contribution in [0, 0.1) is 6.92 Å². The van der Waals surface area contributed by atoms with Gasteiger partial charge in [0.15, 0.2) is 0 Å². The van der Waals surface area contributed by atoms with Crippen molar-refractivity contribution in [1.29, 1.82) is 0 Å². The van der Waals surface area contributed by atoms with E-state index in [1.165, 1.54) is 12.3 Å². The van der Waals surface area contributed by atoms with Gasteiger partial charge in [-0.2, -0.15) is 0 Å². The molecule has 32 heavy (non-hydrogen) atoms. The van der Waals surface area contributed by atoms with Gasteiger partial charge in [0, 0.05) is 36.7 Å². The highest BCUT2D eigenvalue weighted by molar-refractivity contribution is 7.71. The van der Waals surface area contributed by atoms with Crippen LogP contribution in [0.1, 0.15) is 21.6 Å². The van der Waals surface area contributed by atoms with Crippen molar-refractivity contribution >= 4 is 28.1 Å². The minimum Gasteiger partial charge on any atom is -0.378 e. The van der Waals surface area contributed by atoms with Crippen molar-refractivity contribution < 1.29 is 17.9 Å². The second-order valence-corrected chi connectivity index (χ2v) is 8.49. The van der Waals surface area contributed by atoms with Crippen molar-refractivity contribution in [1.82, 2.24) is 9.97 Å². The van der Waals surface area contributed by atoms with E-state index in [0.29, 0.717) is 30.2 Å². The molecule has 0 bridgehead atoms. The lowest BCUT2D eigenvalue weighted by molar-refractivity contribution is 0.102. The molecule has 3 heterocycles. The highest BCUT2D eigenvalue weighted by Gasteiger charge is 2.14. The summed E-state index contributed by atoms with van der Waals surface area (Å²) in [5.74, 6) is 0.382. The number of benzene rings is 1. The second kappa shape index (κ2) is 9.88. The fraction of sp³-hybridized carbons (Fsp3) is 0.261. The number of amides is 1. The first-order chi connectivity index (χ1) is 15.5. The van der Waals surface area contributed by atoms with Gasteiger partial charge in [-0.3, -0.25) is 9.78 Å². The van der Waals surface area contributed by atoms with Crippen LogP contribution in [0.3, 0.4) is 0 Å². The third kappa shape index (κ3) is 5.30. The maximum absolute atomic E-state index is 12.7. The number of aromatic nitrogens is 2. The zero-order valence-corrected chi connectivity index (χ0v) is 18.5. The Hall–Kier alpha value is -3.30. The van der Waals surface area contributed by atoms with E-state index in [4.69, 9.17) is 4.74 Å². The Bertz CT molecular complexity index is 1200. The van der Waals surface area contributed by atoms with Gasteiger partial charge in [0.25, 0.3) is 5.91 Å². The third-order valence-electron chi connectivity index (χ3n) is 5.26. The van der Waals surface area contributed by atoms with Crippen LogP contribution in [-0.4, -0.2) is 50.6 Å². The topological polar surface area (TPSA) is 101 Å². The summed E-state index contributed by atoms with van der Waals surface area (Å²) >= 11 is 0. The summed E-state index contributed by atoms with van der Waals surface area (Å²) in [5.41, 5.74) is 4.43. The predicted octanol–water partition coefficient (Wildman–Crippen LogP) is 2.65. The Morgan fingerprint density at radius 3 is 2.62 bits per heavy atom. The molecule has 0 spiro atoms. The van der Waals surface area contributed by atoms with Crippen LogP contribution >= 0.6 is 0 Å². The molecular weight excluding hydrogens is 428 g/mol. The first-order valence-corrected chi connectivity index (χ1v) is 11.6. The molecule has 1 fully saturated rings. The van der Waals surface area contributed by atoms with Gasteiger partial charge in [-0.25, -0.2) is 13.4 Å². The maximum Gasteiger partial charge on any atom is 0.255 e. The van der Waals surface area contributed by atoms with E-state index in [1.807, 2.05) is 31.2 Å². The van der Waals surface area contributed by atoms with E-state index in [-0.39, 0.29) is 11.7 Å². The molecule has 1 aromatic carbocycles. The van der Waals surface area contributed by atoms with Gasteiger partial charge >= 0.3 is 0 Å². The number of ether oxygens (including phenoxy) is 1. The molecule has 166 valence electrons. The normalized spacial score (nSPS) is 13.9. The summed E-state index contributed by atoms with van der Waals surface area (Å²) in [7, 11) is -2.61. The van der Waals surface area contributed by atoms with Crippen molar-refractivity contribution in [3.05, 3.63) is 71.7 Å². The van der Waals surface area contributed by atoms with E-state index in [9.17, 15) is 13.2 Å². The molecule has 0 atom stereocenters. The van der Waals surface area contributed by atoms with E-state index < -0.39 is 10.7 Å². The number of hydrogen-bond acceptors (Lipinski definition) is 7. The highest BCUT2D eigenvalue weighted by Crippen LogP contribution is 2.29. The molecule has 1 aliphatic heterocycles. The van der Waals surface area contributed by atoms with Gasteiger partial charge in [-0.15, -0.1) is 0 Å². The number of morpholine rings is 1. The summed E-state index contributed by atoms with van der Waals surface area (Å²) in [6.45, 7) is 5.01. The van der Waals surface area contributed by atoms with Crippen LogP contribution < -0.4 is 10.2 Å². The van der Waals surface area contributed by atoms with Gasteiger partial charge in [0.1, 0.15) is 16.5 Å². The zero-order valence-electron chi connectivity index (χ0n) is 17.7. The highest BCUT2D eigenvalue weighted by atomic mass is 32.2. The maximum atomic E-state index is 12.7. The number of thiol groups is 1. The summed E-state index contributed by atoms with van der Waals surface area (Å²) in [4.78, 5) is 23.4. The molecule has 1 aliphatic rings. The van der Waals surface area contributed by atoms with Gasteiger partial charge in [-0.1, -0.05) is 6.07 Å². The largest absolute Gasteiger partial charge is 0.378 e. The molecule has 1 amide bonds. The molecule has 0 unspecified atom stereocenters. The lowest BCUT2D eigenvalue weighted by atomic mass is 10.0. The van der Waals surface area contributed by atoms with Crippen molar-refractivity contribution in [2.75, 3.05) is 36.5 Å². The number of hydrogen-bond donors (Lipinski definition) is 2. The quantitative estimate of drug-likeness (QED) is 0.555. The van der Waals surface area contributed by atoms with Crippen LogP contribution in [0.2, 0.25) is 0 Å². The number of anilines is 2. The first kappa shape index (κ1) is 21.9. The molecule has 9 heteroatoms. The van der Waals surface area contributed by atoms with Crippen molar-refractivity contribution in [3.8, 4) is 11.1 Å². The molecule has 2 aromatic heterocycles. The minimum absolute atomic E-state index is 0.196. The van der Waals surface area contributed by atoms with Crippen LogP contribution in [0.4, 0.5) is 11.5 Å². The number of carbonyl (C=O) groups excluding carboxylic acids is 1. The second-order valence-electron chi connectivity index (χ2n) is 7.51. The molecule has 4 rings (SSSR count). The van der Waals surface area contributed by atoms with Crippen LogP contribution in [0.25, 0.3) is 11.1 Å². The fourth-order valence-electron chi connectivity index (χ4n) is 3.60. The molecule has 0 aliphatic carbocycles. The van der Waals surface area contributed by atoms with Gasteiger partial charge in [-0.05, 0) is 60.0 Å². The number of nitrogens with one attached hydrogen (secondary N) is 1. The van der Waals surface area contributed by atoms with Crippen molar-refractivity contribution in [3.63, 3.8) is 0 Å². The molecule has 0 saturated carbocycles. The Morgan fingerprint density at radius 1 is 1.06 bits per heavy atom. The Labute approximate surface area is 188 Å². The number of nitrogens with zero attached hydrogens (tertiary/aromatic N) is 3. The van der Waals surface area contributed by atoms with E-state index in [1.54, 1.807) is 12.3 Å². The Kier molecular flexibility index (Phi) is 6.77. The van der Waals surface area contributed by atoms with E-state index in [2.05, 4.69) is 26.3 Å². The number of pyridine rings is 2. The average Bonchev–Trinajstić information content (AvgIpc) is 2.81. The minimum atomic E-state index is -2.61. The van der Waals surface area contributed by atoms with Gasteiger partial charge < -0.3 is 15.0 Å². The molecule has 1 N–H and O–H groups in total. The Balaban J connectivity index is 1.56. The predicted molar refractivity (Wildman–Crippen MR) is 124 cm³/mol. The number of aryl methyl sites for hydroxylation is 1. The number of rotatable bonds is 6. The first-order valence-electron chi connectivity index (χ1n) is 10.3. The van der Waals surface area contributed by atoms with Gasteiger partial charge in [0.2, 0.25) is 0 Å². The van der Waals surface area contributed by atoms with Crippen LogP contribution in [0.15, 0.2) is 54.9 Å². The number of carbonyl (C=O) groups is 1.